The van der Waals surface area contributed by atoms with E-state index in [1.54, 1.807) is 12.4 Å². The molecule has 1 aromatic heterocycles. The lowest BCUT2D eigenvalue weighted by molar-refractivity contribution is 0.177. The van der Waals surface area contributed by atoms with Crippen molar-refractivity contribution in [2.24, 2.45) is 0 Å². The van der Waals surface area contributed by atoms with Crippen LogP contribution in [0.25, 0.3) is 0 Å². The van der Waals surface area contributed by atoms with E-state index in [2.05, 4.69) is 24.2 Å². The molecule has 0 N–H and O–H groups in total. The van der Waals surface area contributed by atoms with Crippen molar-refractivity contribution in [3.8, 4) is 5.75 Å². The zero-order chi connectivity index (χ0) is 9.97. The van der Waals surface area contributed by atoms with Crippen LogP contribution in [-0.4, -0.2) is 9.94 Å². The van der Waals surface area contributed by atoms with Crippen molar-refractivity contribution in [3.63, 3.8) is 0 Å². The van der Waals surface area contributed by atoms with Gasteiger partial charge in [0.1, 0.15) is 0 Å². The Morgan fingerprint density at radius 3 is 2.93 bits per heavy atom. The average molecular weight is 187 g/mol. The number of benzene rings is 1. The molecule has 1 aromatic carbocycles. The van der Waals surface area contributed by atoms with Gasteiger partial charge in [-0.2, -0.15) is 0 Å². The van der Waals surface area contributed by atoms with Gasteiger partial charge in [-0.1, -0.05) is 17.0 Å². The molecule has 0 fully saturated rings. The minimum Gasteiger partial charge on any atom is -0.358 e. The summed E-state index contributed by atoms with van der Waals surface area (Å²) in [5, 5.41) is 3.92. The predicted octanol–water partition coefficient (Wildman–Crippen LogP) is 2.14. The monoisotopic (exact) mass is 187 g/mol. The third-order valence-corrected chi connectivity index (χ3v) is 2.18. The highest BCUT2D eigenvalue weighted by atomic mass is 16.7. The first-order chi connectivity index (χ1) is 6.77. The fourth-order valence-corrected chi connectivity index (χ4v) is 1.19. The summed E-state index contributed by atoms with van der Waals surface area (Å²) in [5.74, 6) is 0.821. The van der Waals surface area contributed by atoms with E-state index in [0.717, 1.165) is 11.3 Å². The maximum atomic E-state index is 5.50. The van der Waals surface area contributed by atoms with Gasteiger partial charge in [-0.15, -0.1) is 5.10 Å². The van der Waals surface area contributed by atoms with Crippen LogP contribution in [0, 0.1) is 19.9 Å². The van der Waals surface area contributed by atoms with Crippen molar-refractivity contribution in [1.82, 2.24) is 9.94 Å². The Morgan fingerprint density at radius 1 is 1.36 bits per heavy atom. The number of aryl methyl sites for hydroxylation is 1. The third-order valence-electron chi connectivity index (χ3n) is 2.18. The zero-order valence-corrected chi connectivity index (χ0v) is 8.19. The molecular weight excluding hydrogens is 176 g/mol. The third kappa shape index (κ3) is 1.62. The van der Waals surface area contributed by atoms with E-state index in [1.807, 2.05) is 19.1 Å². The number of rotatable bonds is 2. The molecule has 0 aliphatic rings. The van der Waals surface area contributed by atoms with Gasteiger partial charge in [0.2, 0.25) is 0 Å². The minimum atomic E-state index is 0.821. The summed E-state index contributed by atoms with van der Waals surface area (Å²) in [5.41, 5.74) is 2.33. The van der Waals surface area contributed by atoms with Crippen molar-refractivity contribution in [2.45, 2.75) is 13.8 Å². The van der Waals surface area contributed by atoms with E-state index >= 15 is 0 Å². The molecule has 71 valence electrons. The Hall–Kier alpha value is -1.77. The maximum absolute atomic E-state index is 5.50. The average Bonchev–Trinajstić information content (AvgIpc) is 2.66. The van der Waals surface area contributed by atoms with Crippen LogP contribution in [0.4, 0.5) is 0 Å². The largest absolute Gasteiger partial charge is 0.358 e. The van der Waals surface area contributed by atoms with E-state index in [4.69, 9.17) is 4.84 Å². The van der Waals surface area contributed by atoms with Gasteiger partial charge in [0.05, 0.1) is 12.4 Å². The quantitative estimate of drug-likeness (QED) is 0.720. The van der Waals surface area contributed by atoms with Crippen LogP contribution in [0.5, 0.6) is 5.75 Å². The fourth-order valence-electron chi connectivity index (χ4n) is 1.19. The van der Waals surface area contributed by atoms with E-state index < -0.39 is 0 Å². The highest BCUT2D eigenvalue weighted by Gasteiger charge is 2.02. The van der Waals surface area contributed by atoms with Crippen molar-refractivity contribution in [2.75, 3.05) is 0 Å². The first-order valence-corrected chi connectivity index (χ1v) is 4.42. The second kappa shape index (κ2) is 3.54. The van der Waals surface area contributed by atoms with Crippen LogP contribution in [0.1, 0.15) is 11.1 Å². The molecule has 0 atom stereocenters. The van der Waals surface area contributed by atoms with Crippen LogP contribution in [-0.2, 0) is 0 Å². The molecular formula is C11H11N2O. The van der Waals surface area contributed by atoms with Crippen molar-refractivity contribution >= 4 is 0 Å². The summed E-state index contributed by atoms with van der Waals surface area (Å²) in [6, 6.07) is 8.75. The second-order valence-electron chi connectivity index (χ2n) is 3.13. The standard InChI is InChI=1S/C11H11N2O/c1-9-5-3-6-11(10(9)2)14-13-8-4-7-12-13/h3,5-8H,1-2H3. The molecule has 0 amide bonds. The Bertz CT molecular complexity index is 421. The van der Waals surface area contributed by atoms with Crippen LogP contribution < -0.4 is 4.84 Å². The summed E-state index contributed by atoms with van der Waals surface area (Å²) in [4.78, 5) is 6.89. The minimum absolute atomic E-state index is 0.821. The zero-order valence-electron chi connectivity index (χ0n) is 8.19. The molecule has 0 saturated carbocycles. The first kappa shape index (κ1) is 8.81. The normalized spacial score (nSPS) is 10.1. The molecule has 0 spiro atoms. The lowest BCUT2D eigenvalue weighted by Gasteiger charge is -2.08. The molecule has 0 saturated heterocycles. The molecule has 1 radical (unpaired) electrons. The van der Waals surface area contributed by atoms with E-state index in [1.165, 1.54) is 10.4 Å². The van der Waals surface area contributed by atoms with Gasteiger partial charge < -0.3 is 4.84 Å². The summed E-state index contributed by atoms with van der Waals surface area (Å²) < 4.78 is 0. The topological polar surface area (TPSA) is 27.1 Å². The van der Waals surface area contributed by atoms with Crippen LogP contribution >= 0.6 is 0 Å². The molecule has 0 unspecified atom stereocenters. The summed E-state index contributed by atoms with van der Waals surface area (Å²) in [6.45, 7) is 4.08. The number of hydrogen-bond donors (Lipinski definition) is 0. The van der Waals surface area contributed by atoms with Gasteiger partial charge in [-0.3, -0.25) is 0 Å². The molecule has 0 bridgehead atoms. The molecule has 3 nitrogen and oxygen atoms in total. The number of hydrogen-bond acceptors (Lipinski definition) is 2. The van der Waals surface area contributed by atoms with Crippen LogP contribution in [0.15, 0.2) is 30.6 Å². The summed E-state index contributed by atoms with van der Waals surface area (Å²) in [7, 11) is 0. The van der Waals surface area contributed by atoms with Gasteiger partial charge >= 0.3 is 0 Å². The molecule has 2 aromatic rings. The maximum Gasteiger partial charge on any atom is 0.161 e. The van der Waals surface area contributed by atoms with Crippen molar-refractivity contribution < 1.29 is 4.84 Å². The molecule has 1 heterocycles. The van der Waals surface area contributed by atoms with Crippen LogP contribution in [0.3, 0.4) is 0 Å². The van der Waals surface area contributed by atoms with Gasteiger partial charge in [0, 0.05) is 6.07 Å². The lowest BCUT2D eigenvalue weighted by atomic mass is 10.1. The SMILES string of the molecule is Cc1cccc(On2c[c]cn2)c1C. The molecule has 2 rings (SSSR count). The van der Waals surface area contributed by atoms with Gasteiger partial charge in [-0.25, -0.2) is 0 Å². The highest BCUT2D eigenvalue weighted by molar-refractivity contribution is 5.38. The van der Waals surface area contributed by atoms with Crippen molar-refractivity contribution in [1.29, 1.82) is 0 Å². The summed E-state index contributed by atoms with van der Waals surface area (Å²) >= 11 is 0. The number of aromatic nitrogens is 2. The lowest BCUT2D eigenvalue weighted by Crippen LogP contribution is -2.06. The highest BCUT2D eigenvalue weighted by Crippen LogP contribution is 2.20. The second-order valence-corrected chi connectivity index (χ2v) is 3.13. The van der Waals surface area contributed by atoms with Gasteiger partial charge in [-0.05, 0) is 31.0 Å². The first-order valence-electron chi connectivity index (χ1n) is 4.42. The molecule has 3 heteroatoms. The Kier molecular flexibility index (Phi) is 2.23. The van der Waals surface area contributed by atoms with Gasteiger partial charge in [0.25, 0.3) is 0 Å². The smallest absolute Gasteiger partial charge is 0.161 e. The van der Waals surface area contributed by atoms with E-state index in [9.17, 15) is 0 Å². The fraction of sp³-hybridized carbons (Fsp3) is 0.182. The van der Waals surface area contributed by atoms with E-state index in [-0.39, 0.29) is 0 Å². The Morgan fingerprint density at radius 2 is 2.21 bits per heavy atom. The molecule has 0 aliphatic carbocycles. The Balaban J connectivity index is 2.29. The predicted molar refractivity (Wildman–Crippen MR) is 53.0 cm³/mol. The van der Waals surface area contributed by atoms with Crippen LogP contribution in [0.2, 0.25) is 0 Å². The summed E-state index contributed by atoms with van der Waals surface area (Å²) in [6.07, 6.45) is 3.20. The van der Waals surface area contributed by atoms with Crippen molar-refractivity contribution in [3.05, 3.63) is 47.8 Å². The molecule has 14 heavy (non-hydrogen) atoms. The molecule has 0 aliphatic heterocycles. The van der Waals surface area contributed by atoms with E-state index in [0.29, 0.717) is 0 Å². The number of nitrogens with zero attached hydrogens (tertiary/aromatic N) is 2. The Labute approximate surface area is 82.9 Å². The van der Waals surface area contributed by atoms with Gasteiger partial charge in [0.15, 0.2) is 5.75 Å².